The molecule has 0 aliphatic heterocycles. The van der Waals surface area contributed by atoms with E-state index in [0.717, 1.165) is 12.1 Å². The van der Waals surface area contributed by atoms with Crippen LogP contribution in [-0.2, 0) is 6.54 Å². The number of aliphatic hydroxyl groups excluding tert-OH is 1. The normalized spacial score (nSPS) is 12.7. The second-order valence-electron chi connectivity index (χ2n) is 3.66. The van der Waals surface area contributed by atoms with E-state index in [-0.39, 0.29) is 10.2 Å². The van der Waals surface area contributed by atoms with E-state index in [4.69, 9.17) is 0 Å². The Morgan fingerprint density at radius 3 is 2.56 bits per heavy atom. The van der Waals surface area contributed by atoms with E-state index in [2.05, 4.69) is 26.2 Å². The molecule has 2 rings (SSSR count). The van der Waals surface area contributed by atoms with Crippen molar-refractivity contribution in [2.75, 3.05) is 0 Å². The lowest BCUT2D eigenvalue weighted by Crippen LogP contribution is -2.12. The molecule has 0 spiro atoms. The van der Waals surface area contributed by atoms with Gasteiger partial charge in [0.25, 0.3) is 0 Å². The van der Waals surface area contributed by atoms with Gasteiger partial charge in [-0.2, -0.15) is 0 Å². The Bertz CT molecular complexity index is 550. The highest BCUT2D eigenvalue weighted by atomic mass is 79.9. The molecule has 1 atom stereocenters. The summed E-state index contributed by atoms with van der Waals surface area (Å²) in [4.78, 5) is 0. The fourth-order valence-electron chi connectivity index (χ4n) is 1.69. The number of benzene rings is 1. The highest BCUT2D eigenvalue weighted by molar-refractivity contribution is 9.10. The summed E-state index contributed by atoms with van der Waals surface area (Å²) in [6.07, 6.45) is -0.150. The zero-order chi connectivity index (χ0) is 13.3. The molecule has 1 aromatic carbocycles. The van der Waals surface area contributed by atoms with Crippen molar-refractivity contribution < 1.29 is 13.9 Å². The molecule has 0 radical (unpaired) electrons. The van der Waals surface area contributed by atoms with E-state index < -0.39 is 23.3 Å². The van der Waals surface area contributed by atoms with Gasteiger partial charge in [-0.15, -0.1) is 5.10 Å². The van der Waals surface area contributed by atoms with Crippen LogP contribution in [0.25, 0.3) is 0 Å². The lowest BCUT2D eigenvalue weighted by atomic mass is 10.1. The lowest BCUT2D eigenvalue weighted by Gasteiger charge is -2.13. The van der Waals surface area contributed by atoms with Gasteiger partial charge in [0.15, 0.2) is 0 Å². The van der Waals surface area contributed by atoms with Crippen molar-refractivity contribution in [3.63, 3.8) is 0 Å². The number of halogens is 3. The molecule has 1 unspecified atom stereocenters. The topological polar surface area (TPSA) is 50.9 Å². The van der Waals surface area contributed by atoms with Crippen LogP contribution in [0.2, 0.25) is 0 Å². The molecule has 0 saturated carbocycles. The maximum absolute atomic E-state index is 13.7. The molecule has 2 aromatic rings. The number of hydrogen-bond acceptors (Lipinski definition) is 3. The Balaban J connectivity index is 2.49. The van der Waals surface area contributed by atoms with Crippen LogP contribution in [-0.4, -0.2) is 20.1 Å². The van der Waals surface area contributed by atoms with Crippen LogP contribution in [0.3, 0.4) is 0 Å². The van der Waals surface area contributed by atoms with E-state index in [9.17, 15) is 13.9 Å². The second-order valence-corrected chi connectivity index (χ2v) is 4.58. The average Bonchev–Trinajstić information content (AvgIpc) is 2.75. The highest BCUT2D eigenvalue weighted by Gasteiger charge is 2.23. The van der Waals surface area contributed by atoms with Gasteiger partial charge in [0.1, 0.15) is 17.7 Å². The summed E-state index contributed by atoms with van der Waals surface area (Å²) in [7, 11) is 0. The Kier molecular flexibility index (Phi) is 3.72. The fourth-order valence-corrected chi connectivity index (χ4v) is 2.09. The number of aryl methyl sites for hydroxylation is 1. The summed E-state index contributed by atoms with van der Waals surface area (Å²) >= 11 is 2.98. The quantitative estimate of drug-likeness (QED) is 0.945. The van der Waals surface area contributed by atoms with Crippen LogP contribution >= 0.6 is 15.9 Å². The van der Waals surface area contributed by atoms with Crippen molar-refractivity contribution >= 4 is 15.9 Å². The Morgan fingerprint density at radius 1 is 1.39 bits per heavy atom. The minimum absolute atomic E-state index is 0.248. The summed E-state index contributed by atoms with van der Waals surface area (Å²) in [5.41, 5.74) is -0.159. The molecule has 1 N–H and O–H groups in total. The van der Waals surface area contributed by atoms with E-state index >= 15 is 0 Å². The SMILES string of the molecule is CCn1nncc1C(O)c1c(F)cc(Br)cc1F. The lowest BCUT2D eigenvalue weighted by molar-refractivity contribution is 0.197. The van der Waals surface area contributed by atoms with Gasteiger partial charge in [-0.05, 0) is 19.1 Å². The molecule has 0 amide bonds. The molecule has 96 valence electrons. The van der Waals surface area contributed by atoms with Crippen LogP contribution in [0.15, 0.2) is 22.8 Å². The van der Waals surface area contributed by atoms with E-state index in [1.54, 1.807) is 6.92 Å². The van der Waals surface area contributed by atoms with Crippen LogP contribution in [0.1, 0.15) is 24.3 Å². The van der Waals surface area contributed by atoms with Crippen molar-refractivity contribution in [3.05, 3.63) is 45.7 Å². The third kappa shape index (κ3) is 2.28. The predicted molar refractivity (Wildman–Crippen MR) is 63.8 cm³/mol. The third-order valence-corrected chi connectivity index (χ3v) is 3.00. The summed E-state index contributed by atoms with van der Waals surface area (Å²) in [6, 6.07) is 2.20. The molecule has 4 nitrogen and oxygen atoms in total. The first-order valence-corrected chi connectivity index (χ1v) is 6.04. The minimum Gasteiger partial charge on any atom is -0.382 e. The summed E-state index contributed by atoms with van der Waals surface area (Å²) < 4.78 is 29.1. The second kappa shape index (κ2) is 5.11. The fraction of sp³-hybridized carbons (Fsp3) is 0.273. The molecule has 0 aliphatic carbocycles. The van der Waals surface area contributed by atoms with Crippen LogP contribution in [0, 0.1) is 11.6 Å². The number of hydrogen-bond donors (Lipinski definition) is 1. The number of aliphatic hydroxyl groups is 1. The molecular weight excluding hydrogens is 308 g/mol. The van der Waals surface area contributed by atoms with Crippen molar-refractivity contribution in [2.45, 2.75) is 19.6 Å². The van der Waals surface area contributed by atoms with Crippen molar-refractivity contribution in [2.24, 2.45) is 0 Å². The van der Waals surface area contributed by atoms with Crippen molar-refractivity contribution in [1.29, 1.82) is 0 Å². The van der Waals surface area contributed by atoms with Gasteiger partial charge < -0.3 is 5.11 Å². The van der Waals surface area contributed by atoms with Gasteiger partial charge in [0, 0.05) is 11.0 Å². The largest absolute Gasteiger partial charge is 0.382 e. The zero-order valence-electron chi connectivity index (χ0n) is 9.44. The summed E-state index contributed by atoms with van der Waals surface area (Å²) in [5, 5.41) is 17.4. The van der Waals surface area contributed by atoms with Crippen molar-refractivity contribution in [3.8, 4) is 0 Å². The molecule has 7 heteroatoms. The maximum atomic E-state index is 13.7. The van der Waals surface area contributed by atoms with E-state index in [1.807, 2.05) is 0 Å². The molecule has 0 fully saturated rings. The molecule has 18 heavy (non-hydrogen) atoms. The first kappa shape index (κ1) is 13.1. The Labute approximate surface area is 110 Å². The Morgan fingerprint density at radius 2 is 2.00 bits per heavy atom. The standard InChI is InChI=1S/C11H10BrF2N3O/c1-2-17-9(5-15-16-17)11(18)10-7(13)3-6(12)4-8(10)14/h3-5,11,18H,2H2,1H3. The van der Waals surface area contributed by atoms with Crippen molar-refractivity contribution in [1.82, 2.24) is 15.0 Å². The van der Waals surface area contributed by atoms with Gasteiger partial charge in [-0.1, -0.05) is 21.1 Å². The average molecular weight is 318 g/mol. The number of nitrogens with zero attached hydrogens (tertiary/aromatic N) is 3. The minimum atomic E-state index is -1.44. The van der Waals surface area contributed by atoms with Gasteiger partial charge >= 0.3 is 0 Å². The van der Waals surface area contributed by atoms with Gasteiger partial charge in [-0.25, -0.2) is 13.5 Å². The number of rotatable bonds is 3. The van der Waals surface area contributed by atoms with Gasteiger partial charge in [-0.3, -0.25) is 0 Å². The monoisotopic (exact) mass is 317 g/mol. The Hall–Kier alpha value is -1.34. The highest BCUT2D eigenvalue weighted by Crippen LogP contribution is 2.28. The van der Waals surface area contributed by atoms with Crippen LogP contribution in [0.4, 0.5) is 8.78 Å². The molecular formula is C11H10BrF2N3O. The van der Waals surface area contributed by atoms with E-state index in [1.165, 1.54) is 10.9 Å². The molecule has 0 bridgehead atoms. The molecule has 0 saturated heterocycles. The van der Waals surface area contributed by atoms with Crippen LogP contribution < -0.4 is 0 Å². The first-order chi connectivity index (χ1) is 8.54. The van der Waals surface area contributed by atoms with Gasteiger partial charge in [0.05, 0.1) is 17.5 Å². The molecule has 1 aromatic heterocycles. The molecule has 0 aliphatic rings. The molecule has 1 heterocycles. The number of aromatic nitrogens is 3. The third-order valence-electron chi connectivity index (χ3n) is 2.54. The van der Waals surface area contributed by atoms with Gasteiger partial charge in [0.2, 0.25) is 0 Å². The summed E-state index contributed by atoms with van der Waals surface area (Å²) in [6.45, 7) is 2.24. The first-order valence-electron chi connectivity index (χ1n) is 5.25. The smallest absolute Gasteiger partial charge is 0.133 e. The zero-order valence-corrected chi connectivity index (χ0v) is 11.0. The van der Waals surface area contributed by atoms with E-state index in [0.29, 0.717) is 6.54 Å². The van der Waals surface area contributed by atoms with Crippen LogP contribution in [0.5, 0.6) is 0 Å². The predicted octanol–water partition coefficient (Wildman–Crippen LogP) is 2.42. The summed E-state index contributed by atoms with van der Waals surface area (Å²) in [5.74, 6) is -1.64. The maximum Gasteiger partial charge on any atom is 0.133 e.